The maximum atomic E-state index is 9.38. The lowest BCUT2D eigenvalue weighted by molar-refractivity contribution is 0.0616. The maximum Gasteiger partial charge on any atom is 0.0541 e. The zero-order valence-electron chi connectivity index (χ0n) is 8.45. The molecular formula is C10H21NO. The predicted octanol–water partition coefficient (Wildman–Crippen LogP) is 1.49. The lowest BCUT2D eigenvalue weighted by Gasteiger charge is -2.35. The molecule has 1 heterocycles. The molecule has 0 amide bonds. The van der Waals surface area contributed by atoms with Crippen LogP contribution in [0.2, 0.25) is 0 Å². The lowest BCUT2D eigenvalue weighted by Crippen LogP contribution is -2.40. The van der Waals surface area contributed by atoms with Crippen molar-refractivity contribution in [1.29, 1.82) is 0 Å². The first-order valence-corrected chi connectivity index (χ1v) is 5.03. The SMILES string of the molecule is CC(C)N1CCC([C@H](C)O)CC1. The van der Waals surface area contributed by atoms with Gasteiger partial charge in [0.2, 0.25) is 0 Å². The second kappa shape index (κ2) is 4.24. The van der Waals surface area contributed by atoms with E-state index < -0.39 is 0 Å². The van der Waals surface area contributed by atoms with Crippen LogP contribution in [0, 0.1) is 5.92 Å². The van der Waals surface area contributed by atoms with Crippen molar-refractivity contribution in [2.24, 2.45) is 5.92 Å². The number of aliphatic hydroxyl groups is 1. The molecule has 0 radical (unpaired) electrons. The number of rotatable bonds is 2. The Morgan fingerprint density at radius 1 is 1.17 bits per heavy atom. The zero-order valence-corrected chi connectivity index (χ0v) is 8.45. The fraction of sp³-hybridized carbons (Fsp3) is 1.00. The summed E-state index contributed by atoms with van der Waals surface area (Å²) in [5, 5.41) is 9.38. The highest BCUT2D eigenvalue weighted by atomic mass is 16.3. The maximum absolute atomic E-state index is 9.38. The smallest absolute Gasteiger partial charge is 0.0541 e. The molecule has 0 aliphatic carbocycles. The first kappa shape index (κ1) is 10.0. The molecule has 0 saturated carbocycles. The average molecular weight is 171 g/mol. The van der Waals surface area contributed by atoms with E-state index in [1.165, 1.54) is 0 Å². The van der Waals surface area contributed by atoms with Gasteiger partial charge < -0.3 is 10.0 Å². The van der Waals surface area contributed by atoms with Crippen molar-refractivity contribution in [3.8, 4) is 0 Å². The highest BCUT2D eigenvalue weighted by Crippen LogP contribution is 2.21. The molecule has 1 saturated heterocycles. The van der Waals surface area contributed by atoms with Crippen molar-refractivity contribution in [2.45, 2.75) is 45.8 Å². The molecule has 2 heteroatoms. The Morgan fingerprint density at radius 3 is 2.00 bits per heavy atom. The molecule has 1 aliphatic rings. The Labute approximate surface area is 75.6 Å². The zero-order chi connectivity index (χ0) is 9.14. The van der Waals surface area contributed by atoms with Gasteiger partial charge in [-0.15, -0.1) is 0 Å². The van der Waals surface area contributed by atoms with Gasteiger partial charge >= 0.3 is 0 Å². The van der Waals surface area contributed by atoms with E-state index in [0.717, 1.165) is 25.9 Å². The van der Waals surface area contributed by atoms with Crippen molar-refractivity contribution in [3.05, 3.63) is 0 Å². The molecule has 0 aromatic heterocycles. The minimum absolute atomic E-state index is 0.112. The molecule has 0 unspecified atom stereocenters. The van der Waals surface area contributed by atoms with Crippen LogP contribution in [0.3, 0.4) is 0 Å². The molecule has 0 spiro atoms. The first-order valence-electron chi connectivity index (χ1n) is 5.03. The van der Waals surface area contributed by atoms with Crippen LogP contribution in [0.5, 0.6) is 0 Å². The van der Waals surface area contributed by atoms with Gasteiger partial charge in [0.15, 0.2) is 0 Å². The molecular weight excluding hydrogens is 150 g/mol. The molecule has 1 rings (SSSR count). The van der Waals surface area contributed by atoms with Crippen molar-refractivity contribution < 1.29 is 5.11 Å². The predicted molar refractivity (Wildman–Crippen MR) is 51.1 cm³/mol. The summed E-state index contributed by atoms with van der Waals surface area (Å²) in [7, 11) is 0. The highest BCUT2D eigenvalue weighted by Gasteiger charge is 2.23. The first-order chi connectivity index (χ1) is 5.61. The van der Waals surface area contributed by atoms with E-state index >= 15 is 0 Å². The Hall–Kier alpha value is -0.0800. The molecule has 1 fully saturated rings. The van der Waals surface area contributed by atoms with Crippen molar-refractivity contribution >= 4 is 0 Å². The monoisotopic (exact) mass is 171 g/mol. The molecule has 2 nitrogen and oxygen atoms in total. The number of hydrogen-bond donors (Lipinski definition) is 1. The lowest BCUT2D eigenvalue weighted by atomic mass is 9.92. The Bertz CT molecular complexity index is 110. The summed E-state index contributed by atoms with van der Waals surface area (Å²) >= 11 is 0. The minimum atomic E-state index is -0.112. The minimum Gasteiger partial charge on any atom is -0.393 e. The van der Waals surface area contributed by atoms with Crippen LogP contribution in [-0.4, -0.2) is 35.2 Å². The topological polar surface area (TPSA) is 23.5 Å². The second-order valence-corrected chi connectivity index (χ2v) is 4.21. The van der Waals surface area contributed by atoms with Crippen LogP contribution >= 0.6 is 0 Å². The van der Waals surface area contributed by atoms with Crippen LogP contribution in [-0.2, 0) is 0 Å². The summed E-state index contributed by atoms with van der Waals surface area (Å²) in [6.45, 7) is 8.71. The molecule has 1 N–H and O–H groups in total. The van der Waals surface area contributed by atoms with Gasteiger partial charge in [-0.25, -0.2) is 0 Å². The van der Waals surface area contributed by atoms with Gasteiger partial charge in [-0.3, -0.25) is 0 Å². The van der Waals surface area contributed by atoms with E-state index in [-0.39, 0.29) is 6.10 Å². The van der Waals surface area contributed by atoms with Gasteiger partial charge in [0, 0.05) is 6.04 Å². The standard InChI is InChI=1S/C10H21NO/c1-8(2)11-6-4-10(5-7-11)9(3)12/h8-10,12H,4-7H2,1-3H3/t9-/m0/s1. The third-order valence-corrected chi connectivity index (χ3v) is 2.99. The summed E-state index contributed by atoms with van der Waals surface area (Å²) in [5.41, 5.74) is 0. The molecule has 0 aromatic rings. The van der Waals surface area contributed by atoms with Gasteiger partial charge in [-0.2, -0.15) is 0 Å². The summed E-state index contributed by atoms with van der Waals surface area (Å²) < 4.78 is 0. The fourth-order valence-corrected chi connectivity index (χ4v) is 1.92. The van der Waals surface area contributed by atoms with Crippen LogP contribution in [0.1, 0.15) is 33.6 Å². The summed E-state index contributed by atoms with van der Waals surface area (Å²) in [4.78, 5) is 2.48. The highest BCUT2D eigenvalue weighted by molar-refractivity contribution is 4.76. The van der Waals surface area contributed by atoms with E-state index in [1.54, 1.807) is 0 Å². The number of likely N-dealkylation sites (tertiary alicyclic amines) is 1. The van der Waals surface area contributed by atoms with Crippen LogP contribution < -0.4 is 0 Å². The van der Waals surface area contributed by atoms with E-state index in [1.807, 2.05) is 6.92 Å². The second-order valence-electron chi connectivity index (χ2n) is 4.21. The van der Waals surface area contributed by atoms with Gasteiger partial charge in [0.25, 0.3) is 0 Å². The molecule has 0 bridgehead atoms. The summed E-state index contributed by atoms with van der Waals surface area (Å²) in [6.07, 6.45) is 2.21. The summed E-state index contributed by atoms with van der Waals surface area (Å²) in [6, 6.07) is 0.667. The largest absolute Gasteiger partial charge is 0.393 e. The average Bonchev–Trinajstić information content (AvgIpc) is 2.04. The molecule has 12 heavy (non-hydrogen) atoms. The van der Waals surface area contributed by atoms with Crippen molar-refractivity contribution in [3.63, 3.8) is 0 Å². The number of nitrogens with zero attached hydrogens (tertiary/aromatic N) is 1. The number of hydrogen-bond acceptors (Lipinski definition) is 2. The van der Waals surface area contributed by atoms with Crippen LogP contribution in [0.4, 0.5) is 0 Å². The number of piperidine rings is 1. The van der Waals surface area contributed by atoms with E-state index in [2.05, 4.69) is 18.7 Å². The molecule has 1 atom stereocenters. The van der Waals surface area contributed by atoms with E-state index in [0.29, 0.717) is 12.0 Å². The molecule has 0 aromatic carbocycles. The quantitative estimate of drug-likeness (QED) is 0.680. The Balaban J connectivity index is 2.30. The summed E-state index contributed by atoms with van der Waals surface area (Å²) in [5.74, 6) is 0.542. The van der Waals surface area contributed by atoms with Gasteiger partial charge in [-0.05, 0) is 52.6 Å². The third kappa shape index (κ3) is 2.46. The van der Waals surface area contributed by atoms with E-state index in [4.69, 9.17) is 0 Å². The Kier molecular flexibility index (Phi) is 3.53. The normalized spacial score (nSPS) is 24.8. The fourth-order valence-electron chi connectivity index (χ4n) is 1.92. The van der Waals surface area contributed by atoms with E-state index in [9.17, 15) is 5.11 Å². The van der Waals surface area contributed by atoms with Crippen molar-refractivity contribution in [2.75, 3.05) is 13.1 Å². The van der Waals surface area contributed by atoms with Crippen molar-refractivity contribution in [1.82, 2.24) is 4.90 Å². The van der Waals surface area contributed by atoms with Crippen LogP contribution in [0.15, 0.2) is 0 Å². The Morgan fingerprint density at radius 2 is 1.67 bits per heavy atom. The molecule has 72 valence electrons. The van der Waals surface area contributed by atoms with Gasteiger partial charge in [0.1, 0.15) is 0 Å². The van der Waals surface area contributed by atoms with Gasteiger partial charge in [0.05, 0.1) is 6.10 Å². The van der Waals surface area contributed by atoms with Crippen LogP contribution in [0.25, 0.3) is 0 Å². The molecule has 1 aliphatic heterocycles. The van der Waals surface area contributed by atoms with Gasteiger partial charge in [-0.1, -0.05) is 0 Å². The number of aliphatic hydroxyl groups excluding tert-OH is 1. The third-order valence-electron chi connectivity index (χ3n) is 2.99.